The summed E-state index contributed by atoms with van der Waals surface area (Å²) in [5.41, 5.74) is 4.28. The molecule has 184 valence electrons. The van der Waals surface area contributed by atoms with Gasteiger partial charge in [0.1, 0.15) is 6.54 Å². The summed E-state index contributed by atoms with van der Waals surface area (Å²) in [5, 5.41) is 3.97. The molecule has 10 heteroatoms. The van der Waals surface area contributed by atoms with Gasteiger partial charge in [0.15, 0.2) is 11.5 Å². The number of hydrazone groups is 1. The van der Waals surface area contributed by atoms with Crippen LogP contribution in [0.2, 0.25) is 0 Å². The second-order valence-electron chi connectivity index (χ2n) is 7.41. The van der Waals surface area contributed by atoms with E-state index in [1.807, 2.05) is 6.92 Å². The van der Waals surface area contributed by atoms with E-state index in [1.165, 1.54) is 39.7 Å². The number of sulfonamides is 1. The Morgan fingerprint density at radius 3 is 2.09 bits per heavy atom. The maximum atomic E-state index is 13.3. The van der Waals surface area contributed by atoms with Crippen molar-refractivity contribution in [3.8, 4) is 17.2 Å². The van der Waals surface area contributed by atoms with Crippen molar-refractivity contribution in [3.63, 3.8) is 0 Å². The van der Waals surface area contributed by atoms with E-state index >= 15 is 0 Å². The van der Waals surface area contributed by atoms with Gasteiger partial charge in [0.05, 0.1) is 38.1 Å². The van der Waals surface area contributed by atoms with Gasteiger partial charge in [0.25, 0.3) is 15.9 Å². The summed E-state index contributed by atoms with van der Waals surface area (Å²) in [6.07, 6.45) is 1.39. The van der Waals surface area contributed by atoms with E-state index in [9.17, 15) is 13.2 Å². The first kappa shape index (κ1) is 25.6. The fourth-order valence-corrected chi connectivity index (χ4v) is 4.71. The van der Waals surface area contributed by atoms with E-state index in [-0.39, 0.29) is 4.90 Å². The highest BCUT2D eigenvalue weighted by Gasteiger charge is 2.27. The van der Waals surface area contributed by atoms with Crippen molar-refractivity contribution in [2.45, 2.75) is 11.8 Å². The van der Waals surface area contributed by atoms with Gasteiger partial charge < -0.3 is 14.2 Å². The first-order chi connectivity index (χ1) is 16.8. The van der Waals surface area contributed by atoms with Crippen LogP contribution in [0.25, 0.3) is 0 Å². The van der Waals surface area contributed by atoms with Crippen LogP contribution in [0.4, 0.5) is 5.69 Å². The van der Waals surface area contributed by atoms with Gasteiger partial charge in [-0.2, -0.15) is 5.10 Å². The molecule has 0 aliphatic carbocycles. The molecule has 1 N–H and O–H groups in total. The van der Waals surface area contributed by atoms with Crippen LogP contribution in [0.1, 0.15) is 11.1 Å². The molecule has 3 aromatic carbocycles. The number of methoxy groups -OCH3 is 3. The van der Waals surface area contributed by atoms with Gasteiger partial charge in [-0.05, 0) is 43.3 Å². The van der Waals surface area contributed by atoms with Crippen LogP contribution in [0.15, 0.2) is 76.7 Å². The lowest BCUT2D eigenvalue weighted by Crippen LogP contribution is -2.39. The molecule has 0 bridgehead atoms. The fraction of sp³-hybridized carbons (Fsp3) is 0.200. The average Bonchev–Trinajstić information content (AvgIpc) is 2.87. The highest BCUT2D eigenvalue weighted by Crippen LogP contribution is 2.37. The second kappa shape index (κ2) is 11.4. The zero-order chi connectivity index (χ0) is 25.4. The normalized spacial score (nSPS) is 11.2. The molecule has 1 amide bonds. The van der Waals surface area contributed by atoms with Gasteiger partial charge in [0.2, 0.25) is 5.75 Å². The predicted molar refractivity (Wildman–Crippen MR) is 134 cm³/mol. The summed E-state index contributed by atoms with van der Waals surface area (Å²) in [6, 6.07) is 18.1. The molecule has 0 saturated carbocycles. The number of benzene rings is 3. The number of nitrogens with one attached hydrogen (secondary N) is 1. The maximum absolute atomic E-state index is 13.3. The summed E-state index contributed by atoms with van der Waals surface area (Å²) < 4.78 is 43.6. The lowest BCUT2D eigenvalue weighted by Gasteiger charge is -2.23. The number of rotatable bonds is 10. The molecule has 0 aliphatic rings. The molecule has 3 aromatic rings. The number of carbonyl (C=O) groups excluding carboxylic acids is 1. The van der Waals surface area contributed by atoms with Gasteiger partial charge >= 0.3 is 0 Å². The van der Waals surface area contributed by atoms with Crippen LogP contribution >= 0.6 is 0 Å². The van der Waals surface area contributed by atoms with Crippen molar-refractivity contribution in [3.05, 3.63) is 77.9 Å². The Morgan fingerprint density at radius 2 is 1.54 bits per heavy atom. The molecule has 9 nitrogen and oxygen atoms in total. The summed E-state index contributed by atoms with van der Waals surface area (Å²) in [7, 11) is 0.492. The second-order valence-corrected chi connectivity index (χ2v) is 9.27. The van der Waals surface area contributed by atoms with Crippen molar-refractivity contribution >= 4 is 27.8 Å². The van der Waals surface area contributed by atoms with E-state index in [1.54, 1.807) is 54.6 Å². The van der Waals surface area contributed by atoms with Gasteiger partial charge in [-0.15, -0.1) is 0 Å². The quantitative estimate of drug-likeness (QED) is 0.340. The zero-order valence-electron chi connectivity index (χ0n) is 19.9. The number of aryl methyl sites for hydroxylation is 1. The molecule has 0 aromatic heterocycles. The Bertz CT molecular complexity index is 1270. The molecule has 0 aliphatic heterocycles. The molecular formula is C25H27N3O6S. The molecule has 0 fully saturated rings. The van der Waals surface area contributed by atoms with Gasteiger partial charge in [-0.3, -0.25) is 9.10 Å². The van der Waals surface area contributed by atoms with E-state index in [0.717, 1.165) is 9.87 Å². The first-order valence-corrected chi connectivity index (χ1v) is 12.0. The van der Waals surface area contributed by atoms with Crippen LogP contribution in [0.5, 0.6) is 17.2 Å². The van der Waals surface area contributed by atoms with Crippen molar-refractivity contribution in [2.75, 3.05) is 32.2 Å². The summed E-state index contributed by atoms with van der Waals surface area (Å²) in [5.74, 6) is 0.670. The Kier molecular flexibility index (Phi) is 8.32. The van der Waals surface area contributed by atoms with Crippen LogP contribution in [0, 0.1) is 6.92 Å². The largest absolute Gasteiger partial charge is 0.493 e. The summed E-state index contributed by atoms with van der Waals surface area (Å²) in [6.45, 7) is 1.43. The standard InChI is InChI=1S/C25H27N3O6S/c1-18-10-12-20(13-11-18)28(35(30,31)21-8-6-5-7-9-21)17-24(29)27-26-16-19-14-22(32-2)25(34-4)23(15-19)33-3/h5-16H,17H2,1-4H3,(H,27,29). The molecule has 0 atom stereocenters. The average molecular weight is 498 g/mol. The summed E-state index contributed by atoms with van der Waals surface area (Å²) in [4.78, 5) is 12.8. The van der Waals surface area contributed by atoms with E-state index in [4.69, 9.17) is 14.2 Å². The van der Waals surface area contributed by atoms with E-state index in [0.29, 0.717) is 28.5 Å². The highest BCUT2D eigenvalue weighted by atomic mass is 32.2. The molecule has 0 saturated heterocycles. The monoisotopic (exact) mass is 497 g/mol. The number of hydrogen-bond donors (Lipinski definition) is 1. The third kappa shape index (κ3) is 6.10. The Labute approximate surface area is 205 Å². The minimum absolute atomic E-state index is 0.0781. The highest BCUT2D eigenvalue weighted by molar-refractivity contribution is 7.92. The Balaban J connectivity index is 1.82. The third-order valence-corrected chi connectivity index (χ3v) is 6.82. The van der Waals surface area contributed by atoms with Crippen molar-refractivity contribution < 1.29 is 27.4 Å². The Hall–Kier alpha value is -4.05. The van der Waals surface area contributed by atoms with Crippen molar-refractivity contribution in [1.29, 1.82) is 0 Å². The SMILES string of the molecule is COc1cc(C=NNC(=O)CN(c2ccc(C)cc2)S(=O)(=O)c2ccccc2)cc(OC)c1OC. The smallest absolute Gasteiger partial charge is 0.264 e. The number of ether oxygens (including phenoxy) is 3. The lowest BCUT2D eigenvalue weighted by molar-refractivity contribution is -0.119. The van der Waals surface area contributed by atoms with Crippen LogP contribution < -0.4 is 23.9 Å². The fourth-order valence-electron chi connectivity index (χ4n) is 3.27. The number of anilines is 1. The summed E-state index contributed by atoms with van der Waals surface area (Å²) >= 11 is 0. The van der Waals surface area contributed by atoms with Gasteiger partial charge in [0, 0.05) is 5.56 Å². The number of hydrogen-bond acceptors (Lipinski definition) is 7. The minimum Gasteiger partial charge on any atom is -0.493 e. The topological polar surface area (TPSA) is 107 Å². The van der Waals surface area contributed by atoms with Crippen LogP contribution in [-0.2, 0) is 14.8 Å². The maximum Gasteiger partial charge on any atom is 0.264 e. The molecular weight excluding hydrogens is 470 g/mol. The van der Waals surface area contributed by atoms with Crippen LogP contribution in [0.3, 0.4) is 0 Å². The predicted octanol–water partition coefficient (Wildman–Crippen LogP) is 3.37. The number of carbonyl (C=O) groups is 1. The molecule has 0 spiro atoms. The zero-order valence-corrected chi connectivity index (χ0v) is 20.7. The molecule has 0 radical (unpaired) electrons. The molecule has 3 rings (SSSR count). The van der Waals surface area contributed by atoms with E-state index in [2.05, 4.69) is 10.5 Å². The lowest BCUT2D eigenvalue weighted by atomic mass is 10.2. The van der Waals surface area contributed by atoms with Crippen LogP contribution in [-0.4, -0.2) is 48.4 Å². The van der Waals surface area contributed by atoms with Crippen molar-refractivity contribution in [1.82, 2.24) is 5.43 Å². The van der Waals surface area contributed by atoms with Gasteiger partial charge in [-0.25, -0.2) is 13.8 Å². The molecule has 35 heavy (non-hydrogen) atoms. The van der Waals surface area contributed by atoms with Crippen molar-refractivity contribution in [2.24, 2.45) is 5.10 Å². The molecule has 0 heterocycles. The van der Waals surface area contributed by atoms with Gasteiger partial charge in [-0.1, -0.05) is 35.9 Å². The number of amides is 1. The van der Waals surface area contributed by atoms with E-state index < -0.39 is 22.5 Å². The minimum atomic E-state index is -3.99. The number of nitrogens with zero attached hydrogens (tertiary/aromatic N) is 2. The first-order valence-electron chi connectivity index (χ1n) is 10.6. The third-order valence-electron chi connectivity index (χ3n) is 5.03. The Morgan fingerprint density at radius 1 is 0.943 bits per heavy atom. The molecule has 0 unspecified atom stereocenters.